The number of hydrogen-bond acceptors (Lipinski definition) is 3. The zero-order valence-corrected chi connectivity index (χ0v) is 9.76. The molecule has 0 aliphatic heterocycles. The van der Waals surface area contributed by atoms with Crippen LogP contribution in [-0.4, -0.2) is 21.6 Å². The van der Waals surface area contributed by atoms with E-state index in [-0.39, 0.29) is 0 Å². The monoisotopic (exact) mass is 213 g/mol. The van der Waals surface area contributed by atoms with Gasteiger partial charge < -0.3 is 5.73 Å². The lowest BCUT2D eigenvalue weighted by Crippen LogP contribution is -2.15. The number of hydrogen-bond donors (Lipinski definition) is 1. The molecule has 0 aliphatic carbocycles. The van der Waals surface area contributed by atoms with Crippen LogP contribution in [0.25, 0.3) is 0 Å². The molecule has 0 bridgehead atoms. The molecule has 0 radical (unpaired) electrons. The van der Waals surface area contributed by atoms with E-state index < -0.39 is 0 Å². The van der Waals surface area contributed by atoms with Crippen molar-refractivity contribution in [3.05, 3.63) is 18.0 Å². The minimum Gasteiger partial charge on any atom is -0.328 e. The van der Waals surface area contributed by atoms with Gasteiger partial charge in [-0.1, -0.05) is 0 Å². The molecule has 1 rings (SSSR count). The molecule has 2 N–H and O–H groups in total. The maximum Gasteiger partial charge on any atom is 0.0530 e. The second-order valence-corrected chi connectivity index (χ2v) is 4.63. The number of nitrogens with two attached hydrogens (primary N) is 1. The molecule has 1 atom stereocenters. The summed E-state index contributed by atoms with van der Waals surface area (Å²) in [6.07, 6.45) is 5.15. The molecule has 0 amide bonds. The Bertz CT molecular complexity index is 258. The summed E-state index contributed by atoms with van der Waals surface area (Å²) < 4.78 is 1.96. The largest absolute Gasteiger partial charge is 0.328 e. The van der Waals surface area contributed by atoms with Crippen molar-refractivity contribution in [2.24, 2.45) is 5.73 Å². The Morgan fingerprint density at radius 3 is 3.00 bits per heavy atom. The van der Waals surface area contributed by atoms with Crippen LogP contribution in [0.1, 0.15) is 25.8 Å². The Hall–Kier alpha value is -0.480. The van der Waals surface area contributed by atoms with E-state index in [9.17, 15) is 0 Å². The predicted octanol–water partition coefficient (Wildman–Crippen LogP) is 1.87. The second kappa shape index (κ2) is 6.09. The summed E-state index contributed by atoms with van der Waals surface area (Å²) in [5.41, 5.74) is 6.97. The molecule has 0 fully saturated rings. The van der Waals surface area contributed by atoms with Gasteiger partial charge in [-0.3, -0.25) is 4.68 Å². The van der Waals surface area contributed by atoms with Crippen LogP contribution >= 0.6 is 11.8 Å². The van der Waals surface area contributed by atoms with Crippen LogP contribution in [0.15, 0.2) is 12.4 Å². The van der Waals surface area contributed by atoms with Crippen molar-refractivity contribution in [2.45, 2.75) is 38.6 Å². The molecule has 0 aromatic carbocycles. The highest BCUT2D eigenvalue weighted by molar-refractivity contribution is 7.98. The average Bonchev–Trinajstić information content (AvgIpc) is 2.60. The van der Waals surface area contributed by atoms with Crippen LogP contribution in [0.3, 0.4) is 0 Å². The van der Waals surface area contributed by atoms with Crippen LogP contribution in [-0.2, 0) is 12.3 Å². The van der Waals surface area contributed by atoms with Crippen molar-refractivity contribution in [1.82, 2.24) is 9.78 Å². The first kappa shape index (κ1) is 11.6. The Labute approximate surface area is 90.1 Å². The molecule has 14 heavy (non-hydrogen) atoms. The Balaban J connectivity index is 2.18. The average molecular weight is 213 g/mol. The van der Waals surface area contributed by atoms with Crippen molar-refractivity contribution in [3.63, 3.8) is 0 Å². The minimum atomic E-state index is 0.320. The van der Waals surface area contributed by atoms with Crippen molar-refractivity contribution >= 4 is 11.8 Å². The van der Waals surface area contributed by atoms with Gasteiger partial charge in [0.15, 0.2) is 0 Å². The summed E-state index contributed by atoms with van der Waals surface area (Å²) in [6, 6.07) is 0.320. The van der Waals surface area contributed by atoms with Gasteiger partial charge in [0.1, 0.15) is 0 Å². The van der Waals surface area contributed by atoms with Crippen LogP contribution in [0.5, 0.6) is 0 Å². The molecular weight excluding hydrogens is 194 g/mol. The normalized spacial score (nSPS) is 13.1. The molecule has 0 saturated carbocycles. The summed E-state index contributed by atoms with van der Waals surface area (Å²) in [4.78, 5) is 0. The van der Waals surface area contributed by atoms with Crippen molar-refractivity contribution < 1.29 is 0 Å². The molecular formula is C10H19N3S. The van der Waals surface area contributed by atoms with E-state index in [0.29, 0.717) is 6.04 Å². The van der Waals surface area contributed by atoms with Crippen molar-refractivity contribution in [2.75, 3.05) is 5.75 Å². The standard InChI is InChI=1S/C10H19N3S/c1-3-13-7-10(6-12-13)8-14-5-4-9(2)11/h6-7,9H,3-5,8,11H2,1-2H3. The van der Waals surface area contributed by atoms with Crippen LogP contribution < -0.4 is 5.73 Å². The van der Waals surface area contributed by atoms with E-state index in [4.69, 9.17) is 5.73 Å². The molecule has 1 aromatic rings. The third kappa shape index (κ3) is 4.15. The molecule has 0 saturated heterocycles. The van der Waals surface area contributed by atoms with Crippen molar-refractivity contribution in [1.29, 1.82) is 0 Å². The summed E-state index contributed by atoms with van der Waals surface area (Å²) in [5.74, 6) is 2.18. The van der Waals surface area contributed by atoms with Gasteiger partial charge >= 0.3 is 0 Å². The lowest BCUT2D eigenvalue weighted by molar-refractivity contribution is 0.659. The molecule has 4 heteroatoms. The Morgan fingerprint density at radius 1 is 1.64 bits per heavy atom. The Kier molecular flexibility index (Phi) is 5.04. The highest BCUT2D eigenvalue weighted by atomic mass is 32.2. The van der Waals surface area contributed by atoms with Gasteiger partial charge in [-0.2, -0.15) is 16.9 Å². The topological polar surface area (TPSA) is 43.8 Å². The van der Waals surface area contributed by atoms with Gasteiger partial charge in [0.2, 0.25) is 0 Å². The zero-order chi connectivity index (χ0) is 10.4. The maximum absolute atomic E-state index is 5.67. The summed E-state index contributed by atoms with van der Waals surface area (Å²) in [7, 11) is 0. The number of rotatable bonds is 6. The van der Waals surface area contributed by atoms with Gasteiger partial charge in [0.05, 0.1) is 6.20 Å². The second-order valence-electron chi connectivity index (χ2n) is 3.52. The van der Waals surface area contributed by atoms with Gasteiger partial charge in [0.25, 0.3) is 0 Å². The van der Waals surface area contributed by atoms with Gasteiger partial charge in [-0.15, -0.1) is 0 Å². The van der Waals surface area contributed by atoms with Crippen LogP contribution in [0.2, 0.25) is 0 Å². The lowest BCUT2D eigenvalue weighted by atomic mass is 10.3. The molecule has 0 spiro atoms. The minimum absolute atomic E-state index is 0.320. The Morgan fingerprint density at radius 2 is 2.43 bits per heavy atom. The van der Waals surface area contributed by atoms with Crippen molar-refractivity contribution in [3.8, 4) is 0 Å². The first-order chi connectivity index (χ1) is 6.72. The highest BCUT2D eigenvalue weighted by Gasteiger charge is 1.98. The maximum atomic E-state index is 5.67. The van der Waals surface area contributed by atoms with Crippen LogP contribution in [0, 0.1) is 0 Å². The quantitative estimate of drug-likeness (QED) is 0.734. The molecule has 0 aliphatic rings. The molecule has 3 nitrogen and oxygen atoms in total. The highest BCUT2D eigenvalue weighted by Crippen LogP contribution is 2.12. The van der Waals surface area contributed by atoms with E-state index in [1.165, 1.54) is 5.56 Å². The molecule has 80 valence electrons. The fourth-order valence-corrected chi connectivity index (χ4v) is 2.18. The molecule has 1 aromatic heterocycles. The number of aryl methyl sites for hydroxylation is 1. The van der Waals surface area contributed by atoms with E-state index in [1.807, 2.05) is 22.6 Å². The van der Waals surface area contributed by atoms with E-state index in [2.05, 4.69) is 25.1 Å². The third-order valence-corrected chi connectivity index (χ3v) is 3.06. The fourth-order valence-electron chi connectivity index (χ4n) is 1.11. The van der Waals surface area contributed by atoms with Gasteiger partial charge in [0, 0.05) is 24.5 Å². The fraction of sp³-hybridized carbons (Fsp3) is 0.700. The first-order valence-corrected chi connectivity index (χ1v) is 6.22. The van der Waals surface area contributed by atoms with E-state index >= 15 is 0 Å². The number of nitrogens with zero attached hydrogens (tertiary/aromatic N) is 2. The summed E-state index contributed by atoms with van der Waals surface area (Å²) >= 11 is 1.93. The van der Waals surface area contributed by atoms with E-state index in [0.717, 1.165) is 24.5 Å². The van der Waals surface area contributed by atoms with Crippen LogP contribution in [0.4, 0.5) is 0 Å². The molecule has 1 unspecified atom stereocenters. The van der Waals surface area contributed by atoms with Gasteiger partial charge in [-0.25, -0.2) is 0 Å². The summed E-state index contributed by atoms with van der Waals surface area (Å²) in [6.45, 7) is 5.10. The third-order valence-electron chi connectivity index (χ3n) is 2.00. The number of thioether (sulfide) groups is 1. The first-order valence-electron chi connectivity index (χ1n) is 5.07. The smallest absolute Gasteiger partial charge is 0.0530 e. The number of aromatic nitrogens is 2. The van der Waals surface area contributed by atoms with E-state index in [1.54, 1.807) is 0 Å². The SMILES string of the molecule is CCn1cc(CSCCC(C)N)cn1. The lowest BCUT2D eigenvalue weighted by Gasteiger charge is -2.02. The van der Waals surface area contributed by atoms with Gasteiger partial charge in [-0.05, 0) is 31.6 Å². The predicted molar refractivity (Wildman–Crippen MR) is 62.3 cm³/mol. The summed E-state index contributed by atoms with van der Waals surface area (Å²) in [5, 5.41) is 4.23. The molecule has 1 heterocycles. The zero-order valence-electron chi connectivity index (χ0n) is 8.94.